The monoisotopic (exact) mass is 501 g/mol. The summed E-state index contributed by atoms with van der Waals surface area (Å²) in [5, 5.41) is 3.80. The highest BCUT2D eigenvalue weighted by Gasteiger charge is 2.36. The van der Waals surface area contributed by atoms with Gasteiger partial charge in [0.05, 0.1) is 34.2 Å². The van der Waals surface area contributed by atoms with E-state index >= 15 is 0 Å². The number of imidazole rings is 1. The van der Waals surface area contributed by atoms with E-state index in [1.807, 2.05) is 0 Å². The zero-order valence-corrected chi connectivity index (χ0v) is 19.3. The van der Waals surface area contributed by atoms with E-state index in [-0.39, 0.29) is 11.3 Å². The van der Waals surface area contributed by atoms with Gasteiger partial charge >= 0.3 is 6.18 Å². The molecule has 0 aliphatic carbocycles. The van der Waals surface area contributed by atoms with Gasteiger partial charge in [0, 0.05) is 17.8 Å². The zero-order valence-electron chi connectivity index (χ0n) is 18.5. The fourth-order valence-corrected chi connectivity index (χ4v) is 3.80. The molecule has 4 aromatic rings. The molecule has 0 spiro atoms. The van der Waals surface area contributed by atoms with E-state index in [1.54, 1.807) is 36.7 Å². The highest BCUT2D eigenvalue weighted by molar-refractivity contribution is 6.31. The number of carbonyl (C=O) groups excluding carboxylic acids is 2. The van der Waals surface area contributed by atoms with E-state index in [0.717, 1.165) is 12.1 Å². The lowest BCUT2D eigenvalue weighted by Crippen LogP contribution is -2.38. The smallest absolute Gasteiger partial charge is 0.334 e. The van der Waals surface area contributed by atoms with Crippen molar-refractivity contribution in [1.82, 2.24) is 9.55 Å². The van der Waals surface area contributed by atoms with Gasteiger partial charge in [0.15, 0.2) is 0 Å². The third kappa shape index (κ3) is 4.58. The summed E-state index contributed by atoms with van der Waals surface area (Å²) < 4.78 is 41.9. The molecule has 0 atom stereocenters. The number of benzene rings is 3. The Hall–Kier alpha value is -3.89. The van der Waals surface area contributed by atoms with Gasteiger partial charge in [0.1, 0.15) is 5.52 Å². The lowest BCUT2D eigenvalue weighted by atomic mass is 10.1. The molecule has 0 saturated carbocycles. The van der Waals surface area contributed by atoms with Gasteiger partial charge in [-0.1, -0.05) is 29.8 Å². The number of aryl methyl sites for hydroxylation is 1. The summed E-state index contributed by atoms with van der Waals surface area (Å²) in [5.74, 6) is 4.35. The van der Waals surface area contributed by atoms with Gasteiger partial charge in [0.25, 0.3) is 11.8 Å². The second-order valence-corrected chi connectivity index (χ2v) is 8.21. The number of rotatable bonds is 4. The van der Waals surface area contributed by atoms with Crippen LogP contribution in [0.4, 0.5) is 24.5 Å². The molecule has 1 aromatic heterocycles. The Bertz CT molecular complexity index is 1470. The van der Waals surface area contributed by atoms with Crippen LogP contribution in [0.25, 0.3) is 11.0 Å². The second-order valence-electron chi connectivity index (χ2n) is 7.80. The number of amides is 2. The quantitative estimate of drug-likeness (QED) is 0.225. The first kappa shape index (κ1) is 24.2. The first-order valence-corrected chi connectivity index (χ1v) is 10.6. The maximum absolute atomic E-state index is 13.4. The topological polar surface area (TPSA) is 93.2 Å². The Morgan fingerprint density at radius 1 is 1.09 bits per heavy atom. The Morgan fingerprint density at radius 3 is 2.51 bits per heavy atom. The van der Waals surface area contributed by atoms with Crippen LogP contribution in [-0.2, 0) is 13.2 Å². The van der Waals surface area contributed by atoms with Gasteiger partial charge in [-0.15, -0.1) is 0 Å². The third-order valence-corrected chi connectivity index (χ3v) is 5.94. The van der Waals surface area contributed by atoms with Crippen LogP contribution in [0.5, 0.6) is 0 Å². The molecule has 35 heavy (non-hydrogen) atoms. The second kappa shape index (κ2) is 9.05. The highest BCUT2D eigenvalue weighted by atomic mass is 35.5. The van der Waals surface area contributed by atoms with Crippen LogP contribution in [-0.4, -0.2) is 21.4 Å². The number of alkyl halides is 3. The van der Waals surface area contributed by atoms with Crippen molar-refractivity contribution in [2.75, 3.05) is 10.3 Å². The summed E-state index contributed by atoms with van der Waals surface area (Å²) in [6.07, 6.45) is -3.28. The van der Waals surface area contributed by atoms with Crippen molar-refractivity contribution in [3.63, 3.8) is 0 Å². The number of anilines is 2. The van der Waals surface area contributed by atoms with Gasteiger partial charge in [-0.25, -0.2) is 15.8 Å². The molecule has 11 heteroatoms. The summed E-state index contributed by atoms with van der Waals surface area (Å²) in [6.45, 7) is 1.74. The van der Waals surface area contributed by atoms with E-state index < -0.39 is 29.1 Å². The summed E-state index contributed by atoms with van der Waals surface area (Å²) in [4.78, 5) is 30.4. The molecule has 2 amide bonds. The van der Waals surface area contributed by atoms with Gasteiger partial charge in [-0.05, 0) is 48.9 Å². The normalized spacial score (nSPS) is 11.5. The fourth-order valence-electron chi connectivity index (χ4n) is 3.62. The number of nitrogens with two attached hydrogens (primary N) is 1. The third-order valence-electron chi connectivity index (χ3n) is 5.53. The molecule has 3 aromatic carbocycles. The van der Waals surface area contributed by atoms with Crippen molar-refractivity contribution in [2.24, 2.45) is 12.9 Å². The molecular weight excluding hydrogens is 483 g/mol. The van der Waals surface area contributed by atoms with Crippen LogP contribution >= 0.6 is 11.6 Å². The highest BCUT2D eigenvalue weighted by Crippen LogP contribution is 2.33. The number of nitrogens with one attached hydrogen (secondary N) is 1. The zero-order chi connectivity index (χ0) is 25.5. The van der Waals surface area contributed by atoms with E-state index in [0.29, 0.717) is 32.3 Å². The molecule has 7 nitrogen and oxygen atoms in total. The maximum atomic E-state index is 13.4. The fraction of sp³-hybridized carbons (Fsp3) is 0.125. The number of nitrogens with zero attached hydrogens (tertiary/aromatic N) is 3. The minimum absolute atomic E-state index is 0.0102. The average Bonchev–Trinajstić information content (AvgIpc) is 3.20. The van der Waals surface area contributed by atoms with Gasteiger partial charge in [0.2, 0.25) is 0 Å². The Kier molecular flexibility index (Phi) is 6.27. The molecule has 180 valence electrons. The molecule has 0 saturated heterocycles. The van der Waals surface area contributed by atoms with Crippen LogP contribution < -0.4 is 16.2 Å². The number of halogens is 4. The van der Waals surface area contributed by atoms with Crippen LogP contribution in [0, 0.1) is 6.92 Å². The molecule has 0 bridgehead atoms. The number of aromatic nitrogens is 2. The summed E-state index contributed by atoms with van der Waals surface area (Å²) in [5.41, 5.74) is 0.241. The Morgan fingerprint density at radius 2 is 1.80 bits per heavy atom. The van der Waals surface area contributed by atoms with E-state index in [9.17, 15) is 22.8 Å². The molecule has 0 aliphatic rings. The Balaban J connectivity index is 1.77. The maximum Gasteiger partial charge on any atom is 0.417 e. The first-order chi connectivity index (χ1) is 16.5. The number of hydrazine groups is 1. The minimum atomic E-state index is -4.75. The average molecular weight is 502 g/mol. The van der Waals surface area contributed by atoms with Gasteiger partial charge in [-0.2, -0.15) is 13.2 Å². The van der Waals surface area contributed by atoms with Gasteiger partial charge < -0.3 is 9.88 Å². The molecule has 3 N–H and O–H groups in total. The van der Waals surface area contributed by atoms with E-state index in [1.165, 1.54) is 30.6 Å². The molecule has 1 heterocycles. The largest absolute Gasteiger partial charge is 0.417 e. The van der Waals surface area contributed by atoms with Crippen LogP contribution in [0.1, 0.15) is 31.8 Å². The van der Waals surface area contributed by atoms with Crippen LogP contribution in [0.15, 0.2) is 60.9 Å². The number of fused-ring (bicyclic) bond motifs is 1. The van der Waals surface area contributed by atoms with Gasteiger partial charge in [-0.3, -0.25) is 9.59 Å². The van der Waals surface area contributed by atoms with Crippen molar-refractivity contribution in [3.05, 3.63) is 88.2 Å². The Labute approximate surface area is 202 Å². The van der Waals surface area contributed by atoms with Crippen molar-refractivity contribution < 1.29 is 22.8 Å². The van der Waals surface area contributed by atoms with Crippen molar-refractivity contribution in [3.8, 4) is 0 Å². The number of hydrogen-bond acceptors (Lipinski definition) is 4. The lowest BCUT2D eigenvalue weighted by Gasteiger charge is -2.20. The summed E-state index contributed by atoms with van der Waals surface area (Å²) in [7, 11) is 1.67. The van der Waals surface area contributed by atoms with Crippen LogP contribution in [0.3, 0.4) is 0 Å². The predicted molar refractivity (Wildman–Crippen MR) is 127 cm³/mol. The van der Waals surface area contributed by atoms with Crippen molar-refractivity contribution in [2.45, 2.75) is 13.1 Å². The molecule has 0 unspecified atom stereocenters. The number of carbonyl (C=O) groups is 2. The van der Waals surface area contributed by atoms with Crippen molar-refractivity contribution in [1.29, 1.82) is 0 Å². The SMILES string of the molecule is Cc1c(Cl)cccc1NC(=O)c1cc(N(N)C(=O)c2ccccc2C(F)(F)F)cc2c1ncn2C. The lowest BCUT2D eigenvalue weighted by molar-refractivity contribution is -0.137. The predicted octanol–water partition coefficient (Wildman–Crippen LogP) is 5.33. The van der Waals surface area contributed by atoms with E-state index in [4.69, 9.17) is 17.4 Å². The van der Waals surface area contributed by atoms with Crippen molar-refractivity contribution >= 4 is 45.8 Å². The molecular formula is C24H19ClF3N5O2. The van der Waals surface area contributed by atoms with Crippen LogP contribution in [0.2, 0.25) is 5.02 Å². The molecule has 0 fully saturated rings. The first-order valence-electron chi connectivity index (χ1n) is 10.3. The molecule has 4 rings (SSSR count). The molecule has 0 radical (unpaired) electrons. The number of hydrogen-bond donors (Lipinski definition) is 2. The summed E-state index contributed by atoms with van der Waals surface area (Å²) >= 11 is 6.14. The molecule has 0 aliphatic heterocycles. The minimum Gasteiger partial charge on any atom is -0.334 e. The standard InChI is InChI=1S/C24H19ClF3N5O2/c1-13-18(25)8-5-9-19(13)31-22(34)16-10-14(11-20-21(16)30-12-32(20)2)33(29)23(35)15-6-3-4-7-17(15)24(26,27)28/h3-12H,29H2,1-2H3,(H,31,34). The summed E-state index contributed by atoms with van der Waals surface area (Å²) in [6, 6.07) is 12.1. The van der Waals surface area contributed by atoms with E-state index in [2.05, 4.69) is 10.3 Å².